The smallest absolute Gasteiger partial charge is 0.107 e. The molecule has 2 heteroatoms. The van der Waals surface area contributed by atoms with E-state index in [9.17, 15) is 0 Å². The fourth-order valence-corrected chi connectivity index (χ4v) is 2.88. The summed E-state index contributed by atoms with van der Waals surface area (Å²) in [6.07, 6.45) is 14.5. The van der Waals surface area contributed by atoms with Crippen LogP contribution in [0.4, 0.5) is 0 Å². The molecule has 0 aromatic carbocycles. The maximum absolute atomic E-state index is 5.87. The molecule has 0 aromatic rings. The summed E-state index contributed by atoms with van der Waals surface area (Å²) in [5, 5.41) is 0. The molecule has 3 unspecified atom stereocenters. The molecule has 1 fully saturated rings. The molecule has 2 nitrogen and oxygen atoms in total. The van der Waals surface area contributed by atoms with Gasteiger partial charge in [0, 0.05) is 6.61 Å². The molecule has 0 N–H and O–H groups in total. The highest BCUT2D eigenvalue weighted by Gasteiger charge is 2.28. The second-order valence-corrected chi connectivity index (χ2v) is 6.42. The largest absolute Gasteiger partial charge is 0.373 e. The van der Waals surface area contributed by atoms with Crippen molar-refractivity contribution in [2.45, 2.75) is 97.2 Å². The number of rotatable bonds is 13. The maximum Gasteiger partial charge on any atom is 0.107 e. The standard InChI is InChI=1S/C18H36O2/c1-4-6-7-8-9-10-11-12-17(5-2)13-14-19-18-15-20-16(18)3/h16-18H,4-15H2,1-3H3. The van der Waals surface area contributed by atoms with Crippen LogP contribution < -0.4 is 0 Å². The van der Waals surface area contributed by atoms with Crippen molar-refractivity contribution in [3.8, 4) is 0 Å². The predicted molar refractivity (Wildman–Crippen MR) is 86.2 cm³/mol. The normalized spacial score (nSPS) is 23.6. The summed E-state index contributed by atoms with van der Waals surface area (Å²) >= 11 is 0. The lowest BCUT2D eigenvalue weighted by Crippen LogP contribution is -2.44. The summed E-state index contributed by atoms with van der Waals surface area (Å²) in [6.45, 7) is 8.43. The number of hydrogen-bond acceptors (Lipinski definition) is 2. The third-order valence-corrected chi connectivity index (χ3v) is 4.70. The predicted octanol–water partition coefficient (Wildman–Crippen LogP) is 5.35. The van der Waals surface area contributed by atoms with E-state index >= 15 is 0 Å². The van der Waals surface area contributed by atoms with Gasteiger partial charge in [0.1, 0.15) is 6.10 Å². The first-order chi connectivity index (χ1) is 9.77. The van der Waals surface area contributed by atoms with E-state index in [0.29, 0.717) is 12.2 Å². The van der Waals surface area contributed by atoms with Crippen molar-refractivity contribution in [3.63, 3.8) is 0 Å². The van der Waals surface area contributed by atoms with Crippen LogP contribution in [0.15, 0.2) is 0 Å². The summed E-state index contributed by atoms with van der Waals surface area (Å²) in [5.74, 6) is 0.863. The lowest BCUT2D eigenvalue weighted by Gasteiger charge is -2.34. The number of hydrogen-bond donors (Lipinski definition) is 0. The van der Waals surface area contributed by atoms with E-state index in [1.54, 1.807) is 0 Å². The van der Waals surface area contributed by atoms with E-state index in [4.69, 9.17) is 9.47 Å². The average molecular weight is 284 g/mol. The van der Waals surface area contributed by atoms with E-state index in [0.717, 1.165) is 19.1 Å². The molecule has 0 saturated carbocycles. The molecule has 0 spiro atoms. The van der Waals surface area contributed by atoms with Gasteiger partial charge in [0.2, 0.25) is 0 Å². The maximum atomic E-state index is 5.87. The van der Waals surface area contributed by atoms with Gasteiger partial charge in [0.25, 0.3) is 0 Å². The molecule has 120 valence electrons. The van der Waals surface area contributed by atoms with Crippen LogP contribution in [-0.4, -0.2) is 25.4 Å². The lowest BCUT2D eigenvalue weighted by atomic mass is 9.95. The van der Waals surface area contributed by atoms with Crippen LogP contribution in [-0.2, 0) is 9.47 Å². The van der Waals surface area contributed by atoms with Crippen LogP contribution in [0.2, 0.25) is 0 Å². The van der Waals surface area contributed by atoms with Crippen molar-refractivity contribution >= 4 is 0 Å². The molecule has 1 heterocycles. The Kier molecular flexibility index (Phi) is 10.4. The molecule has 0 bridgehead atoms. The third kappa shape index (κ3) is 7.64. The Labute approximate surface area is 126 Å². The Hall–Kier alpha value is -0.0800. The van der Waals surface area contributed by atoms with Gasteiger partial charge < -0.3 is 9.47 Å². The minimum absolute atomic E-state index is 0.318. The molecular weight excluding hydrogens is 248 g/mol. The highest BCUT2D eigenvalue weighted by atomic mass is 16.6. The number of ether oxygens (including phenoxy) is 2. The SMILES string of the molecule is CCCCCCCCCC(CC)CCOC1COC1C. The van der Waals surface area contributed by atoms with Crippen molar-refractivity contribution < 1.29 is 9.47 Å². The van der Waals surface area contributed by atoms with E-state index < -0.39 is 0 Å². The molecule has 1 saturated heterocycles. The average Bonchev–Trinajstić information content (AvgIpc) is 2.46. The molecule has 0 aromatic heterocycles. The summed E-state index contributed by atoms with van der Waals surface area (Å²) in [6, 6.07) is 0. The van der Waals surface area contributed by atoms with E-state index in [-0.39, 0.29) is 0 Å². The molecule has 3 atom stereocenters. The summed E-state index contributed by atoms with van der Waals surface area (Å²) in [5.41, 5.74) is 0. The first kappa shape index (κ1) is 18.0. The van der Waals surface area contributed by atoms with Crippen LogP contribution in [0.25, 0.3) is 0 Å². The van der Waals surface area contributed by atoms with Gasteiger partial charge in [0.05, 0.1) is 12.7 Å². The van der Waals surface area contributed by atoms with Gasteiger partial charge >= 0.3 is 0 Å². The van der Waals surface area contributed by atoms with E-state index in [1.807, 2.05) is 0 Å². The number of unbranched alkanes of at least 4 members (excludes halogenated alkanes) is 6. The van der Waals surface area contributed by atoms with Gasteiger partial charge in [0.15, 0.2) is 0 Å². The Bertz CT molecular complexity index is 217. The van der Waals surface area contributed by atoms with Crippen molar-refractivity contribution in [1.82, 2.24) is 0 Å². The highest BCUT2D eigenvalue weighted by molar-refractivity contribution is 4.75. The molecule has 0 radical (unpaired) electrons. The Balaban J connectivity index is 1.90. The topological polar surface area (TPSA) is 18.5 Å². The molecule has 1 rings (SSSR count). The van der Waals surface area contributed by atoms with Gasteiger partial charge in [-0.1, -0.05) is 71.6 Å². The second-order valence-electron chi connectivity index (χ2n) is 6.42. The summed E-state index contributed by atoms with van der Waals surface area (Å²) < 4.78 is 11.2. The van der Waals surface area contributed by atoms with Gasteiger partial charge in [-0.25, -0.2) is 0 Å². The van der Waals surface area contributed by atoms with Crippen LogP contribution in [0.3, 0.4) is 0 Å². The molecule has 0 aliphatic carbocycles. The highest BCUT2D eigenvalue weighted by Crippen LogP contribution is 2.21. The van der Waals surface area contributed by atoms with Crippen molar-refractivity contribution in [3.05, 3.63) is 0 Å². The van der Waals surface area contributed by atoms with Crippen LogP contribution in [0, 0.1) is 5.92 Å². The van der Waals surface area contributed by atoms with Crippen LogP contribution in [0.5, 0.6) is 0 Å². The minimum Gasteiger partial charge on any atom is -0.373 e. The zero-order chi connectivity index (χ0) is 14.6. The fourth-order valence-electron chi connectivity index (χ4n) is 2.88. The Morgan fingerprint density at radius 3 is 2.25 bits per heavy atom. The molecule has 1 aliphatic heterocycles. The third-order valence-electron chi connectivity index (χ3n) is 4.70. The quantitative estimate of drug-likeness (QED) is 0.425. The summed E-state index contributed by atoms with van der Waals surface area (Å²) in [4.78, 5) is 0. The monoisotopic (exact) mass is 284 g/mol. The Morgan fingerprint density at radius 1 is 1.00 bits per heavy atom. The molecule has 20 heavy (non-hydrogen) atoms. The molecule has 1 aliphatic rings. The van der Waals surface area contributed by atoms with Crippen LogP contribution in [0.1, 0.15) is 85.0 Å². The minimum atomic E-state index is 0.318. The zero-order valence-corrected chi connectivity index (χ0v) is 14.0. The summed E-state index contributed by atoms with van der Waals surface area (Å²) in [7, 11) is 0. The Morgan fingerprint density at radius 2 is 1.70 bits per heavy atom. The van der Waals surface area contributed by atoms with Crippen molar-refractivity contribution in [1.29, 1.82) is 0 Å². The first-order valence-electron chi connectivity index (χ1n) is 9.01. The molecular formula is C18H36O2. The fraction of sp³-hybridized carbons (Fsp3) is 1.00. The first-order valence-corrected chi connectivity index (χ1v) is 9.01. The van der Waals surface area contributed by atoms with E-state index in [2.05, 4.69) is 20.8 Å². The van der Waals surface area contributed by atoms with Gasteiger partial charge in [-0.15, -0.1) is 0 Å². The van der Waals surface area contributed by atoms with Gasteiger partial charge in [-0.3, -0.25) is 0 Å². The zero-order valence-electron chi connectivity index (χ0n) is 14.0. The molecule has 0 amide bonds. The van der Waals surface area contributed by atoms with Crippen LogP contribution >= 0.6 is 0 Å². The van der Waals surface area contributed by atoms with Crippen molar-refractivity contribution in [2.75, 3.05) is 13.2 Å². The van der Waals surface area contributed by atoms with Crippen molar-refractivity contribution in [2.24, 2.45) is 5.92 Å². The van der Waals surface area contributed by atoms with Gasteiger partial charge in [-0.2, -0.15) is 0 Å². The lowest BCUT2D eigenvalue weighted by molar-refractivity contribution is -0.180. The van der Waals surface area contributed by atoms with Gasteiger partial charge in [-0.05, 0) is 19.3 Å². The van der Waals surface area contributed by atoms with E-state index in [1.165, 1.54) is 64.2 Å². The second kappa shape index (κ2) is 11.6.